The van der Waals surface area contributed by atoms with Crippen LogP contribution in [0.5, 0.6) is 0 Å². The normalized spacial score (nSPS) is 11.0. The molecule has 0 spiro atoms. The van der Waals surface area contributed by atoms with Crippen molar-refractivity contribution in [3.63, 3.8) is 0 Å². The minimum atomic E-state index is -0.191. The van der Waals surface area contributed by atoms with Gasteiger partial charge in [-0.15, -0.1) is 0 Å². The van der Waals surface area contributed by atoms with Gasteiger partial charge in [0.1, 0.15) is 11.6 Å². The predicted molar refractivity (Wildman–Crippen MR) is 103 cm³/mol. The minimum absolute atomic E-state index is 0.189. The third-order valence-corrected chi connectivity index (χ3v) is 4.15. The summed E-state index contributed by atoms with van der Waals surface area (Å²) in [5.41, 5.74) is 2.21. The quantitative estimate of drug-likeness (QED) is 0.477. The summed E-state index contributed by atoms with van der Waals surface area (Å²) in [5.74, 6) is -0.380. The summed E-state index contributed by atoms with van der Waals surface area (Å²) in [4.78, 5) is 0. The summed E-state index contributed by atoms with van der Waals surface area (Å²) in [5, 5.41) is 10.2. The topological polar surface area (TPSA) is 36.1 Å². The van der Waals surface area contributed by atoms with Gasteiger partial charge in [-0.3, -0.25) is 0 Å². The third-order valence-electron chi connectivity index (χ3n) is 4.15. The number of unbranched alkanes of at least 4 members (excludes halogenated alkanes) is 1. The molecule has 0 atom stereocenters. The van der Waals surface area contributed by atoms with Crippen LogP contribution in [0.1, 0.15) is 30.4 Å². The van der Waals surface area contributed by atoms with E-state index in [4.69, 9.17) is 0 Å². The van der Waals surface area contributed by atoms with Crippen LogP contribution >= 0.6 is 0 Å². The fourth-order valence-electron chi connectivity index (χ4n) is 2.63. The average molecular weight is 361 g/mol. The first-order chi connectivity index (χ1) is 12.7. The lowest BCUT2D eigenvalue weighted by Crippen LogP contribution is -2.23. The molecule has 2 aromatic carbocycles. The minimum Gasteiger partial charge on any atom is -0.317 e. The highest BCUT2D eigenvalue weighted by atomic mass is 19.1. The van der Waals surface area contributed by atoms with Gasteiger partial charge >= 0.3 is 0 Å². The van der Waals surface area contributed by atoms with Crippen molar-refractivity contribution in [3.8, 4) is 0 Å². The van der Waals surface area contributed by atoms with Crippen molar-refractivity contribution in [1.82, 2.24) is 16.0 Å². The van der Waals surface area contributed by atoms with Crippen LogP contribution in [0, 0.1) is 11.6 Å². The summed E-state index contributed by atoms with van der Waals surface area (Å²) in [6.07, 6.45) is 3.33. The highest BCUT2D eigenvalue weighted by molar-refractivity contribution is 5.16. The number of halogens is 2. The van der Waals surface area contributed by atoms with Gasteiger partial charge in [-0.05, 0) is 80.8 Å². The molecular weight excluding hydrogens is 332 g/mol. The molecule has 0 aromatic heterocycles. The van der Waals surface area contributed by atoms with Crippen molar-refractivity contribution < 1.29 is 8.78 Å². The van der Waals surface area contributed by atoms with Crippen molar-refractivity contribution in [2.24, 2.45) is 0 Å². The molecule has 0 heterocycles. The van der Waals surface area contributed by atoms with Gasteiger partial charge in [0.15, 0.2) is 0 Å². The Bertz CT molecular complexity index is 544. The smallest absolute Gasteiger partial charge is 0.123 e. The molecule has 0 unspecified atom stereocenters. The SMILES string of the molecule is Fc1ccc(CNCCCCNCCCNCc2ccc(F)cc2)cc1. The second-order valence-corrected chi connectivity index (χ2v) is 6.42. The Morgan fingerprint density at radius 1 is 0.500 bits per heavy atom. The first kappa shape index (κ1) is 20.5. The zero-order valence-corrected chi connectivity index (χ0v) is 15.2. The molecular formula is C21H29F2N3. The molecule has 2 rings (SSSR count). The van der Waals surface area contributed by atoms with Gasteiger partial charge in [0.05, 0.1) is 0 Å². The van der Waals surface area contributed by atoms with Gasteiger partial charge < -0.3 is 16.0 Å². The molecule has 3 N–H and O–H groups in total. The van der Waals surface area contributed by atoms with E-state index in [1.165, 1.54) is 24.3 Å². The summed E-state index contributed by atoms with van der Waals surface area (Å²) < 4.78 is 25.6. The van der Waals surface area contributed by atoms with E-state index in [-0.39, 0.29) is 11.6 Å². The molecule has 3 nitrogen and oxygen atoms in total. The van der Waals surface area contributed by atoms with Crippen LogP contribution in [0.4, 0.5) is 8.78 Å². The maximum atomic E-state index is 12.8. The summed E-state index contributed by atoms with van der Waals surface area (Å²) in [6, 6.07) is 13.2. The van der Waals surface area contributed by atoms with Crippen molar-refractivity contribution in [3.05, 3.63) is 71.3 Å². The van der Waals surface area contributed by atoms with Gasteiger partial charge in [0, 0.05) is 13.1 Å². The molecule has 0 bridgehead atoms. The molecule has 0 amide bonds. The van der Waals surface area contributed by atoms with Crippen molar-refractivity contribution >= 4 is 0 Å². The van der Waals surface area contributed by atoms with Crippen LogP contribution in [0.3, 0.4) is 0 Å². The molecule has 2 aromatic rings. The Labute approximate surface area is 155 Å². The van der Waals surface area contributed by atoms with Crippen LogP contribution in [0.15, 0.2) is 48.5 Å². The van der Waals surface area contributed by atoms with E-state index in [1.807, 2.05) is 24.3 Å². The van der Waals surface area contributed by atoms with E-state index in [0.717, 1.165) is 69.7 Å². The summed E-state index contributed by atoms with van der Waals surface area (Å²) in [6.45, 7) is 5.50. The summed E-state index contributed by atoms with van der Waals surface area (Å²) >= 11 is 0. The fraction of sp³-hybridized carbons (Fsp3) is 0.429. The molecule has 26 heavy (non-hydrogen) atoms. The first-order valence-electron chi connectivity index (χ1n) is 9.35. The fourth-order valence-corrected chi connectivity index (χ4v) is 2.63. The van der Waals surface area contributed by atoms with Crippen molar-refractivity contribution in [2.75, 3.05) is 26.2 Å². The molecule has 0 aliphatic carbocycles. The lowest BCUT2D eigenvalue weighted by atomic mass is 10.2. The number of benzene rings is 2. The molecule has 0 fully saturated rings. The highest BCUT2D eigenvalue weighted by Crippen LogP contribution is 2.02. The summed E-state index contributed by atoms with van der Waals surface area (Å²) in [7, 11) is 0. The Morgan fingerprint density at radius 2 is 0.885 bits per heavy atom. The van der Waals surface area contributed by atoms with Crippen LogP contribution in [-0.4, -0.2) is 26.2 Å². The van der Waals surface area contributed by atoms with E-state index < -0.39 is 0 Å². The largest absolute Gasteiger partial charge is 0.317 e. The molecule has 0 saturated carbocycles. The Morgan fingerprint density at radius 3 is 1.38 bits per heavy atom. The lowest BCUT2D eigenvalue weighted by Gasteiger charge is -2.07. The lowest BCUT2D eigenvalue weighted by molar-refractivity contribution is 0.558. The van der Waals surface area contributed by atoms with E-state index >= 15 is 0 Å². The monoisotopic (exact) mass is 361 g/mol. The molecule has 0 aliphatic rings. The van der Waals surface area contributed by atoms with E-state index in [9.17, 15) is 8.78 Å². The van der Waals surface area contributed by atoms with Gasteiger partial charge in [0.25, 0.3) is 0 Å². The number of hydrogen-bond donors (Lipinski definition) is 3. The molecule has 0 aliphatic heterocycles. The van der Waals surface area contributed by atoms with Gasteiger partial charge in [-0.1, -0.05) is 24.3 Å². The van der Waals surface area contributed by atoms with E-state index in [0.29, 0.717) is 0 Å². The number of nitrogens with one attached hydrogen (secondary N) is 3. The molecule has 5 heteroatoms. The maximum absolute atomic E-state index is 12.8. The predicted octanol–water partition coefficient (Wildman–Crippen LogP) is 3.60. The molecule has 0 saturated heterocycles. The van der Waals surface area contributed by atoms with E-state index in [1.54, 1.807) is 0 Å². The van der Waals surface area contributed by atoms with Gasteiger partial charge in [-0.2, -0.15) is 0 Å². The number of hydrogen-bond acceptors (Lipinski definition) is 3. The Kier molecular flexibility index (Phi) is 9.87. The third kappa shape index (κ3) is 9.04. The van der Waals surface area contributed by atoms with Crippen molar-refractivity contribution in [2.45, 2.75) is 32.4 Å². The molecule has 142 valence electrons. The van der Waals surface area contributed by atoms with Gasteiger partial charge in [-0.25, -0.2) is 8.78 Å². The second kappa shape index (κ2) is 12.5. The van der Waals surface area contributed by atoms with Crippen LogP contribution in [0.2, 0.25) is 0 Å². The van der Waals surface area contributed by atoms with Gasteiger partial charge in [0.2, 0.25) is 0 Å². The molecule has 0 radical (unpaired) electrons. The maximum Gasteiger partial charge on any atom is 0.123 e. The van der Waals surface area contributed by atoms with Crippen LogP contribution < -0.4 is 16.0 Å². The zero-order valence-electron chi connectivity index (χ0n) is 15.2. The standard InChI is InChI=1S/C21H29F2N3/c22-20-8-4-18(5-9-20)16-25-13-2-1-12-24-14-3-15-26-17-19-6-10-21(23)11-7-19/h4-11,24-26H,1-3,12-17H2. The highest BCUT2D eigenvalue weighted by Gasteiger charge is 1.95. The Hall–Kier alpha value is -1.82. The van der Waals surface area contributed by atoms with Crippen LogP contribution in [-0.2, 0) is 13.1 Å². The average Bonchev–Trinajstić information content (AvgIpc) is 2.65. The van der Waals surface area contributed by atoms with Crippen LogP contribution in [0.25, 0.3) is 0 Å². The first-order valence-corrected chi connectivity index (χ1v) is 9.35. The van der Waals surface area contributed by atoms with Crippen molar-refractivity contribution in [1.29, 1.82) is 0 Å². The number of rotatable bonds is 13. The second-order valence-electron chi connectivity index (χ2n) is 6.42. The van der Waals surface area contributed by atoms with E-state index in [2.05, 4.69) is 16.0 Å². The Balaban J connectivity index is 1.35. The zero-order chi connectivity index (χ0) is 18.5.